The molecule has 0 N–H and O–H groups in total. The minimum Gasteiger partial charge on any atom is -0.469 e. The second-order valence-electron chi connectivity index (χ2n) is 4.66. The van der Waals surface area contributed by atoms with Gasteiger partial charge < -0.3 is 14.0 Å². The lowest BCUT2D eigenvalue weighted by molar-refractivity contribution is 0.0600. The zero-order chi connectivity index (χ0) is 13.9. The highest BCUT2D eigenvalue weighted by Crippen LogP contribution is 2.39. The average Bonchev–Trinajstić information content (AvgIpc) is 3.23. The van der Waals surface area contributed by atoms with Gasteiger partial charge in [-0.05, 0) is 18.9 Å². The van der Waals surface area contributed by atoms with Crippen molar-refractivity contribution < 1.29 is 18.8 Å². The van der Waals surface area contributed by atoms with Crippen LogP contribution in [0.2, 0.25) is 0 Å². The van der Waals surface area contributed by atoms with Gasteiger partial charge >= 0.3 is 5.97 Å². The smallest absolute Gasteiger partial charge is 0.338 e. The summed E-state index contributed by atoms with van der Waals surface area (Å²) in [4.78, 5) is 15.4. The summed E-state index contributed by atoms with van der Waals surface area (Å²) in [5.74, 6) is 1.12. The number of aromatic nitrogens is 2. The highest BCUT2D eigenvalue weighted by molar-refractivity contribution is 5.89. The molecule has 2 aromatic rings. The van der Waals surface area contributed by atoms with E-state index in [9.17, 15) is 4.79 Å². The van der Waals surface area contributed by atoms with Crippen molar-refractivity contribution in [2.24, 2.45) is 0 Å². The maximum Gasteiger partial charge on any atom is 0.338 e. The minimum absolute atomic E-state index is 0.233. The fourth-order valence-electron chi connectivity index (χ4n) is 1.85. The summed E-state index contributed by atoms with van der Waals surface area (Å²) in [5, 5.41) is 4.00. The number of carbonyl (C=O) groups excluding carboxylic acids is 1. The van der Waals surface area contributed by atoms with Crippen LogP contribution in [0.4, 0.5) is 0 Å². The second kappa shape index (κ2) is 5.32. The number of esters is 1. The summed E-state index contributed by atoms with van der Waals surface area (Å²) in [7, 11) is 1.33. The molecule has 3 rings (SSSR count). The van der Waals surface area contributed by atoms with Crippen LogP contribution in [0.25, 0.3) is 0 Å². The molecule has 0 unspecified atom stereocenters. The predicted molar refractivity (Wildman–Crippen MR) is 68.4 cm³/mol. The van der Waals surface area contributed by atoms with Gasteiger partial charge in [0.1, 0.15) is 0 Å². The van der Waals surface area contributed by atoms with Crippen LogP contribution < -0.4 is 4.74 Å². The van der Waals surface area contributed by atoms with Gasteiger partial charge in [-0.25, -0.2) is 9.78 Å². The van der Waals surface area contributed by atoms with Crippen molar-refractivity contribution in [1.82, 2.24) is 10.1 Å². The number of methoxy groups -OCH3 is 1. The average molecular weight is 274 g/mol. The van der Waals surface area contributed by atoms with Crippen LogP contribution in [-0.4, -0.2) is 23.2 Å². The first kappa shape index (κ1) is 12.7. The van der Waals surface area contributed by atoms with Crippen molar-refractivity contribution >= 4 is 5.97 Å². The Labute approximate surface area is 115 Å². The molecule has 0 saturated heterocycles. The molecule has 0 aliphatic heterocycles. The predicted octanol–water partition coefficient (Wildman–Crippen LogP) is 2.31. The number of hydrogen-bond acceptors (Lipinski definition) is 6. The lowest BCUT2D eigenvalue weighted by Gasteiger charge is -2.04. The van der Waals surface area contributed by atoms with Gasteiger partial charge in [0.2, 0.25) is 5.88 Å². The molecule has 0 spiro atoms. The maximum absolute atomic E-state index is 11.4. The van der Waals surface area contributed by atoms with Crippen LogP contribution >= 0.6 is 0 Å². The Balaban J connectivity index is 1.63. The van der Waals surface area contributed by atoms with E-state index in [-0.39, 0.29) is 6.61 Å². The van der Waals surface area contributed by atoms with Crippen molar-refractivity contribution in [2.75, 3.05) is 7.11 Å². The summed E-state index contributed by atoms with van der Waals surface area (Å²) in [5.41, 5.74) is 1.38. The zero-order valence-corrected chi connectivity index (χ0v) is 11.0. The number of pyridine rings is 1. The summed E-state index contributed by atoms with van der Waals surface area (Å²) < 4.78 is 15.3. The SMILES string of the molecule is COC(=O)c1ccnc(OCc2cc(C3CC3)no2)c1. The molecule has 2 aromatic heterocycles. The molecular formula is C14H14N2O4. The monoisotopic (exact) mass is 274 g/mol. The molecule has 0 aromatic carbocycles. The molecule has 0 radical (unpaired) electrons. The van der Waals surface area contributed by atoms with E-state index in [1.54, 1.807) is 6.07 Å². The topological polar surface area (TPSA) is 74.5 Å². The minimum atomic E-state index is -0.423. The molecule has 6 nitrogen and oxygen atoms in total. The van der Waals surface area contributed by atoms with Gasteiger partial charge in [0, 0.05) is 24.2 Å². The zero-order valence-electron chi connectivity index (χ0n) is 11.0. The van der Waals surface area contributed by atoms with Gasteiger partial charge in [0.05, 0.1) is 18.4 Å². The van der Waals surface area contributed by atoms with Crippen molar-refractivity contribution in [2.45, 2.75) is 25.4 Å². The first-order valence-electron chi connectivity index (χ1n) is 6.39. The van der Waals surface area contributed by atoms with Crippen molar-refractivity contribution in [3.8, 4) is 5.88 Å². The fraction of sp³-hybridized carbons (Fsp3) is 0.357. The first-order valence-corrected chi connectivity index (χ1v) is 6.39. The van der Waals surface area contributed by atoms with Crippen molar-refractivity contribution in [3.63, 3.8) is 0 Å². The summed E-state index contributed by atoms with van der Waals surface area (Å²) in [6.07, 6.45) is 3.85. The van der Waals surface area contributed by atoms with E-state index in [0.717, 1.165) is 5.69 Å². The van der Waals surface area contributed by atoms with Crippen LogP contribution in [0, 0.1) is 0 Å². The second-order valence-corrected chi connectivity index (χ2v) is 4.66. The van der Waals surface area contributed by atoms with E-state index >= 15 is 0 Å². The molecule has 20 heavy (non-hydrogen) atoms. The fourth-order valence-corrected chi connectivity index (χ4v) is 1.85. The molecule has 6 heteroatoms. The standard InChI is InChI=1S/C14H14N2O4/c1-18-14(17)10-4-5-15-13(6-10)19-8-11-7-12(16-20-11)9-2-3-9/h4-7,9H,2-3,8H2,1H3. The Hall–Kier alpha value is -2.37. The Bertz CT molecular complexity index is 619. The molecule has 0 atom stereocenters. The number of hydrogen-bond donors (Lipinski definition) is 0. The van der Waals surface area contributed by atoms with E-state index in [1.165, 1.54) is 32.2 Å². The van der Waals surface area contributed by atoms with Crippen molar-refractivity contribution in [1.29, 1.82) is 0 Å². The summed E-state index contributed by atoms with van der Waals surface area (Å²) in [6, 6.07) is 5.00. The molecule has 104 valence electrons. The molecule has 1 aliphatic carbocycles. The third kappa shape index (κ3) is 2.79. The highest BCUT2D eigenvalue weighted by Gasteiger charge is 2.27. The summed E-state index contributed by atoms with van der Waals surface area (Å²) in [6.45, 7) is 0.233. The van der Waals surface area contributed by atoms with E-state index in [2.05, 4.69) is 14.9 Å². The molecular weight excluding hydrogens is 260 g/mol. The third-order valence-corrected chi connectivity index (χ3v) is 3.09. The first-order chi connectivity index (χ1) is 9.76. The van der Waals surface area contributed by atoms with Gasteiger partial charge in [-0.3, -0.25) is 0 Å². The third-order valence-electron chi connectivity index (χ3n) is 3.09. The van der Waals surface area contributed by atoms with Crippen LogP contribution in [0.15, 0.2) is 28.9 Å². The van der Waals surface area contributed by atoms with Gasteiger partial charge in [0.25, 0.3) is 0 Å². The van der Waals surface area contributed by atoms with Crippen LogP contribution in [0.1, 0.15) is 40.6 Å². The normalized spacial score (nSPS) is 14.1. The largest absolute Gasteiger partial charge is 0.469 e. The van der Waals surface area contributed by atoms with E-state index in [4.69, 9.17) is 9.26 Å². The highest BCUT2D eigenvalue weighted by atomic mass is 16.5. The number of carbonyl (C=O) groups is 1. The molecule has 1 aliphatic rings. The summed E-state index contributed by atoms with van der Waals surface area (Å²) >= 11 is 0. The number of rotatable bonds is 5. The molecule has 0 bridgehead atoms. The quantitative estimate of drug-likeness (QED) is 0.779. The van der Waals surface area contributed by atoms with Crippen LogP contribution in [-0.2, 0) is 11.3 Å². The van der Waals surface area contributed by atoms with Gasteiger partial charge in [-0.2, -0.15) is 0 Å². The number of ether oxygens (including phenoxy) is 2. The van der Waals surface area contributed by atoms with Gasteiger partial charge in [0.15, 0.2) is 12.4 Å². The van der Waals surface area contributed by atoms with E-state index in [0.29, 0.717) is 23.1 Å². The lowest BCUT2D eigenvalue weighted by atomic mass is 10.2. The van der Waals surface area contributed by atoms with Crippen molar-refractivity contribution in [3.05, 3.63) is 41.4 Å². The van der Waals surface area contributed by atoms with E-state index < -0.39 is 5.97 Å². The Morgan fingerprint density at radius 1 is 1.45 bits per heavy atom. The van der Waals surface area contributed by atoms with Gasteiger partial charge in [-0.15, -0.1) is 0 Å². The molecule has 0 amide bonds. The van der Waals surface area contributed by atoms with E-state index in [1.807, 2.05) is 6.07 Å². The van der Waals surface area contributed by atoms with Crippen LogP contribution in [0.5, 0.6) is 5.88 Å². The molecule has 1 fully saturated rings. The maximum atomic E-state index is 11.4. The molecule has 1 saturated carbocycles. The Morgan fingerprint density at radius 3 is 3.05 bits per heavy atom. The Kier molecular flexibility index (Phi) is 3.37. The number of nitrogens with zero attached hydrogens (tertiary/aromatic N) is 2. The Morgan fingerprint density at radius 2 is 2.30 bits per heavy atom. The molecule has 2 heterocycles. The van der Waals surface area contributed by atoms with Crippen LogP contribution in [0.3, 0.4) is 0 Å². The van der Waals surface area contributed by atoms with Gasteiger partial charge in [-0.1, -0.05) is 5.16 Å². The lowest BCUT2D eigenvalue weighted by Crippen LogP contribution is -2.03.